The van der Waals surface area contributed by atoms with Crippen LogP contribution in [-0.4, -0.2) is 26.7 Å². The number of ketones is 1. The molecule has 1 N–H and O–H groups in total. The Hall–Kier alpha value is -2.77. The Morgan fingerprint density at radius 2 is 1.96 bits per heavy atom. The fraction of sp³-hybridized carbons (Fsp3) is 0.150. The zero-order valence-corrected chi connectivity index (χ0v) is 16.5. The maximum atomic E-state index is 12.7. The number of halogens is 1. The second-order valence-electron chi connectivity index (χ2n) is 6.06. The number of hydrogen-bond acceptors (Lipinski definition) is 6. The van der Waals surface area contributed by atoms with E-state index in [1.807, 2.05) is 43.3 Å². The van der Waals surface area contributed by atoms with E-state index in [0.717, 1.165) is 16.6 Å². The van der Waals surface area contributed by atoms with Crippen LogP contribution in [0, 0.1) is 6.92 Å². The Kier molecular flexibility index (Phi) is 5.36. The molecule has 142 valence electrons. The average molecular weight is 414 g/mol. The van der Waals surface area contributed by atoms with E-state index >= 15 is 0 Å². The Balaban J connectivity index is 1.38. The lowest BCUT2D eigenvalue weighted by Crippen LogP contribution is -2.03. The van der Waals surface area contributed by atoms with Gasteiger partial charge in [-0.15, -0.1) is 10.2 Å². The van der Waals surface area contributed by atoms with E-state index in [9.17, 15) is 4.79 Å². The van der Waals surface area contributed by atoms with Gasteiger partial charge in [-0.3, -0.25) is 4.79 Å². The number of rotatable bonds is 7. The van der Waals surface area contributed by atoms with E-state index in [2.05, 4.69) is 15.2 Å². The van der Waals surface area contributed by atoms with E-state index in [1.165, 1.54) is 11.8 Å². The summed E-state index contributed by atoms with van der Waals surface area (Å²) in [5.41, 5.74) is 2.50. The largest absolute Gasteiger partial charge is 0.482 e. The molecule has 6 nitrogen and oxygen atoms in total. The molecule has 4 rings (SSSR count). The number of Topliss-reactive ketones (excluding diaryl/α,β-unsaturated/α-hetero) is 1. The number of aryl methyl sites for hydroxylation is 1. The van der Waals surface area contributed by atoms with Gasteiger partial charge in [-0.1, -0.05) is 53.7 Å². The van der Waals surface area contributed by atoms with Gasteiger partial charge in [-0.25, -0.2) is 0 Å². The molecule has 8 heteroatoms. The molecule has 0 aliphatic heterocycles. The first-order valence-electron chi connectivity index (χ1n) is 8.55. The van der Waals surface area contributed by atoms with Crippen LogP contribution < -0.4 is 4.74 Å². The van der Waals surface area contributed by atoms with E-state index in [4.69, 9.17) is 20.8 Å². The number of hydrogen-bond donors (Lipinski definition) is 1. The minimum atomic E-state index is 0.00650. The number of ether oxygens (including phenoxy) is 1. The van der Waals surface area contributed by atoms with Gasteiger partial charge in [0.1, 0.15) is 5.75 Å². The van der Waals surface area contributed by atoms with Crippen molar-refractivity contribution >= 4 is 40.0 Å². The van der Waals surface area contributed by atoms with Crippen molar-refractivity contribution in [2.24, 2.45) is 0 Å². The van der Waals surface area contributed by atoms with Crippen molar-refractivity contribution in [3.63, 3.8) is 0 Å². The number of H-pyrrole nitrogens is 1. The Morgan fingerprint density at radius 1 is 1.18 bits per heavy atom. The molecular formula is C20H16ClN3O3S. The first kappa shape index (κ1) is 18.6. The molecule has 2 aromatic carbocycles. The van der Waals surface area contributed by atoms with Crippen LogP contribution in [0.3, 0.4) is 0 Å². The normalized spacial score (nSPS) is 11.1. The van der Waals surface area contributed by atoms with Gasteiger partial charge in [0.2, 0.25) is 0 Å². The highest BCUT2D eigenvalue weighted by molar-refractivity contribution is 7.99. The minimum Gasteiger partial charge on any atom is -0.482 e. The van der Waals surface area contributed by atoms with Gasteiger partial charge >= 0.3 is 0 Å². The molecule has 0 unspecified atom stereocenters. The second kappa shape index (κ2) is 8.08. The van der Waals surface area contributed by atoms with Crippen LogP contribution in [0.2, 0.25) is 5.02 Å². The zero-order valence-electron chi connectivity index (χ0n) is 14.9. The van der Waals surface area contributed by atoms with Crippen molar-refractivity contribution in [1.82, 2.24) is 15.2 Å². The lowest BCUT2D eigenvalue weighted by Gasteiger charge is -2.04. The number of carbonyl (C=O) groups is 1. The smallest absolute Gasteiger partial charge is 0.277 e. The molecule has 0 amide bonds. The van der Waals surface area contributed by atoms with Crippen LogP contribution in [0.15, 0.2) is 58.2 Å². The number of benzene rings is 2. The van der Waals surface area contributed by atoms with Gasteiger partial charge in [0.05, 0.1) is 10.8 Å². The van der Waals surface area contributed by atoms with Crippen LogP contribution in [0.25, 0.3) is 10.9 Å². The summed E-state index contributed by atoms with van der Waals surface area (Å²) in [4.78, 5) is 15.9. The van der Waals surface area contributed by atoms with Crippen molar-refractivity contribution in [2.75, 3.05) is 5.75 Å². The molecule has 0 aliphatic carbocycles. The molecule has 0 saturated carbocycles. The van der Waals surface area contributed by atoms with Gasteiger partial charge < -0.3 is 14.1 Å². The summed E-state index contributed by atoms with van der Waals surface area (Å²) in [5, 5.41) is 9.66. The summed E-state index contributed by atoms with van der Waals surface area (Å²) in [7, 11) is 0. The average Bonchev–Trinajstić information content (AvgIpc) is 3.28. The van der Waals surface area contributed by atoms with Crippen LogP contribution in [-0.2, 0) is 6.61 Å². The van der Waals surface area contributed by atoms with Crippen molar-refractivity contribution in [3.05, 3.63) is 70.7 Å². The monoisotopic (exact) mass is 413 g/mol. The topological polar surface area (TPSA) is 81.0 Å². The fourth-order valence-corrected chi connectivity index (χ4v) is 3.73. The van der Waals surface area contributed by atoms with Crippen LogP contribution in [0.4, 0.5) is 0 Å². The Morgan fingerprint density at radius 3 is 2.82 bits per heavy atom. The zero-order chi connectivity index (χ0) is 19.5. The van der Waals surface area contributed by atoms with E-state index < -0.39 is 0 Å². The highest BCUT2D eigenvalue weighted by Gasteiger charge is 2.17. The van der Waals surface area contributed by atoms with Gasteiger partial charge in [-0.05, 0) is 25.1 Å². The van der Waals surface area contributed by atoms with E-state index in [-0.39, 0.29) is 18.1 Å². The lowest BCUT2D eigenvalue weighted by atomic mass is 10.1. The molecule has 2 aromatic heterocycles. The molecule has 0 aliphatic rings. The number of fused-ring (bicyclic) bond motifs is 1. The Labute approximate surface area is 170 Å². The van der Waals surface area contributed by atoms with Crippen LogP contribution >= 0.6 is 23.4 Å². The number of para-hydroxylation sites is 2. The summed E-state index contributed by atoms with van der Waals surface area (Å²) < 4.78 is 11.1. The summed E-state index contributed by atoms with van der Waals surface area (Å²) in [5.74, 6) is 1.07. The van der Waals surface area contributed by atoms with Crippen molar-refractivity contribution in [3.8, 4) is 5.75 Å². The number of carbonyl (C=O) groups excluding carboxylic acids is 1. The lowest BCUT2D eigenvalue weighted by molar-refractivity contribution is 0.102. The van der Waals surface area contributed by atoms with Gasteiger partial charge in [-0.2, -0.15) is 0 Å². The number of nitrogens with zero attached hydrogens (tertiary/aromatic N) is 2. The fourth-order valence-electron chi connectivity index (χ4n) is 2.89. The molecule has 0 atom stereocenters. The summed E-state index contributed by atoms with van der Waals surface area (Å²) in [6.45, 7) is 2.00. The van der Waals surface area contributed by atoms with Crippen molar-refractivity contribution in [2.45, 2.75) is 18.8 Å². The molecule has 2 heterocycles. The number of nitrogens with one attached hydrogen (secondary N) is 1. The highest BCUT2D eigenvalue weighted by Crippen LogP contribution is 2.26. The van der Waals surface area contributed by atoms with Crippen molar-refractivity contribution < 1.29 is 13.9 Å². The SMILES string of the molecule is Cc1[nH]c2ccccc2c1C(=O)CSc1nnc(COc2ccccc2Cl)o1. The van der Waals surface area contributed by atoms with Crippen LogP contribution in [0.1, 0.15) is 21.9 Å². The summed E-state index contributed by atoms with van der Waals surface area (Å²) >= 11 is 7.25. The van der Waals surface area contributed by atoms with Gasteiger partial charge in [0.25, 0.3) is 11.1 Å². The third-order valence-corrected chi connectivity index (χ3v) is 5.27. The first-order valence-corrected chi connectivity index (χ1v) is 9.91. The first-order chi connectivity index (χ1) is 13.6. The van der Waals surface area contributed by atoms with E-state index in [0.29, 0.717) is 27.4 Å². The predicted molar refractivity (Wildman–Crippen MR) is 108 cm³/mol. The number of aromatic amines is 1. The maximum Gasteiger partial charge on any atom is 0.277 e. The predicted octanol–water partition coefficient (Wildman–Crippen LogP) is 5.07. The summed E-state index contributed by atoms with van der Waals surface area (Å²) in [6, 6.07) is 14.9. The maximum absolute atomic E-state index is 12.7. The molecular weight excluding hydrogens is 398 g/mol. The number of thioether (sulfide) groups is 1. The third kappa shape index (κ3) is 3.90. The highest BCUT2D eigenvalue weighted by atomic mass is 35.5. The van der Waals surface area contributed by atoms with Crippen molar-refractivity contribution in [1.29, 1.82) is 0 Å². The summed E-state index contributed by atoms with van der Waals surface area (Å²) in [6.07, 6.45) is 0. The van der Waals surface area contributed by atoms with Gasteiger partial charge in [0.15, 0.2) is 12.4 Å². The van der Waals surface area contributed by atoms with Gasteiger partial charge in [0, 0.05) is 22.2 Å². The van der Waals surface area contributed by atoms with Crippen LogP contribution in [0.5, 0.6) is 5.75 Å². The number of aromatic nitrogens is 3. The Bertz CT molecular complexity index is 1140. The molecule has 4 aromatic rings. The van der Waals surface area contributed by atoms with E-state index in [1.54, 1.807) is 12.1 Å². The quantitative estimate of drug-likeness (QED) is 0.336. The minimum absolute atomic E-state index is 0.00650. The molecule has 0 saturated heterocycles. The molecule has 28 heavy (non-hydrogen) atoms. The third-order valence-electron chi connectivity index (χ3n) is 4.14. The second-order valence-corrected chi connectivity index (χ2v) is 7.40. The molecule has 0 bridgehead atoms. The molecule has 0 spiro atoms. The molecule has 0 fully saturated rings. The standard InChI is InChI=1S/C20H16ClN3O3S/c1-12-19(13-6-2-4-8-15(13)22-12)16(25)11-28-20-24-23-18(27-20)10-26-17-9-5-3-7-14(17)21/h2-9,22H,10-11H2,1H3. The molecule has 0 radical (unpaired) electrons.